The number of rotatable bonds is 7. The first-order valence-corrected chi connectivity index (χ1v) is 9.97. The van der Waals surface area contributed by atoms with Gasteiger partial charge in [0.2, 0.25) is 0 Å². The van der Waals surface area contributed by atoms with Crippen molar-refractivity contribution in [2.24, 2.45) is 5.10 Å². The molecule has 0 spiro atoms. The molecule has 7 nitrogen and oxygen atoms in total. The largest absolute Gasteiger partial charge is 0.497 e. The van der Waals surface area contributed by atoms with Crippen molar-refractivity contribution in [1.82, 2.24) is 5.01 Å². The molecule has 1 aliphatic rings. The van der Waals surface area contributed by atoms with Gasteiger partial charge < -0.3 is 14.5 Å². The van der Waals surface area contributed by atoms with Crippen LogP contribution in [0.1, 0.15) is 41.1 Å². The van der Waals surface area contributed by atoms with E-state index in [0.717, 1.165) is 17.0 Å². The fraction of sp³-hybridized carbons (Fsp3) is 0.208. The smallest absolute Gasteiger partial charge is 0.262 e. The van der Waals surface area contributed by atoms with E-state index < -0.39 is 0 Å². The number of hydrogen-bond acceptors (Lipinski definition) is 6. The number of nitrogens with zero attached hydrogens (tertiary/aromatic N) is 2. The summed E-state index contributed by atoms with van der Waals surface area (Å²) in [5.74, 6) is 1.22. The second-order valence-electron chi connectivity index (χ2n) is 7.24. The minimum Gasteiger partial charge on any atom is -0.497 e. The molecule has 0 saturated heterocycles. The third-order valence-corrected chi connectivity index (χ3v) is 5.17. The summed E-state index contributed by atoms with van der Waals surface area (Å²) in [5.41, 5.74) is 3.02. The minimum atomic E-state index is -0.315. The number of ketones is 1. The standard InChI is InChI=1S/C24H23N3O4/c1-16(28)18-5-3-6-19(13-18)25-15-24(29)27-22(23-7-4-12-31-23)14-21(26-27)17-8-10-20(30-2)11-9-17/h3-13,22,25H,14-15H2,1-2H3. The predicted molar refractivity (Wildman–Crippen MR) is 117 cm³/mol. The summed E-state index contributed by atoms with van der Waals surface area (Å²) in [7, 11) is 1.62. The molecule has 1 unspecified atom stereocenters. The number of hydrogen-bond donors (Lipinski definition) is 1. The molecule has 1 amide bonds. The number of anilines is 1. The number of Topliss-reactive ketones (excluding diaryl/α,β-unsaturated/α-hetero) is 1. The zero-order valence-corrected chi connectivity index (χ0v) is 17.4. The summed E-state index contributed by atoms with van der Waals surface area (Å²) in [6.07, 6.45) is 2.14. The molecule has 4 rings (SSSR count). The molecule has 2 heterocycles. The van der Waals surface area contributed by atoms with Crippen LogP contribution in [0.25, 0.3) is 0 Å². The van der Waals surface area contributed by atoms with Gasteiger partial charge in [-0.3, -0.25) is 9.59 Å². The molecular formula is C24H23N3O4. The Balaban J connectivity index is 1.53. The Hall–Kier alpha value is -3.87. The highest BCUT2D eigenvalue weighted by Crippen LogP contribution is 2.33. The van der Waals surface area contributed by atoms with Gasteiger partial charge in [-0.2, -0.15) is 5.10 Å². The van der Waals surface area contributed by atoms with Gasteiger partial charge in [0.1, 0.15) is 17.6 Å². The minimum absolute atomic E-state index is 0.0267. The average Bonchev–Trinajstić information content (AvgIpc) is 3.48. The third-order valence-electron chi connectivity index (χ3n) is 5.17. The highest BCUT2D eigenvalue weighted by atomic mass is 16.5. The molecule has 2 aromatic carbocycles. The lowest BCUT2D eigenvalue weighted by Gasteiger charge is -2.20. The van der Waals surface area contributed by atoms with Crippen molar-refractivity contribution in [2.75, 3.05) is 19.0 Å². The van der Waals surface area contributed by atoms with Crippen LogP contribution in [0.5, 0.6) is 5.75 Å². The van der Waals surface area contributed by atoms with E-state index in [9.17, 15) is 9.59 Å². The first-order valence-electron chi connectivity index (χ1n) is 9.97. The molecule has 31 heavy (non-hydrogen) atoms. The van der Waals surface area contributed by atoms with Crippen LogP contribution in [-0.2, 0) is 4.79 Å². The van der Waals surface area contributed by atoms with Crippen molar-refractivity contribution in [1.29, 1.82) is 0 Å². The summed E-state index contributed by atoms with van der Waals surface area (Å²) in [4.78, 5) is 24.6. The summed E-state index contributed by atoms with van der Waals surface area (Å²) in [6.45, 7) is 1.55. The number of carbonyl (C=O) groups excluding carboxylic acids is 2. The van der Waals surface area contributed by atoms with Crippen molar-refractivity contribution in [3.63, 3.8) is 0 Å². The fourth-order valence-electron chi connectivity index (χ4n) is 3.51. The summed E-state index contributed by atoms with van der Waals surface area (Å²) >= 11 is 0. The van der Waals surface area contributed by atoms with Crippen LogP contribution >= 0.6 is 0 Å². The lowest BCUT2D eigenvalue weighted by atomic mass is 10.0. The number of carbonyl (C=O) groups is 2. The third kappa shape index (κ3) is 4.50. The zero-order valence-electron chi connectivity index (χ0n) is 17.4. The van der Waals surface area contributed by atoms with E-state index >= 15 is 0 Å². The van der Waals surface area contributed by atoms with Gasteiger partial charge in [0.05, 0.1) is 25.6 Å². The molecule has 7 heteroatoms. The maximum absolute atomic E-state index is 13.0. The van der Waals surface area contributed by atoms with E-state index in [1.54, 1.807) is 37.6 Å². The Morgan fingerprint density at radius 3 is 2.65 bits per heavy atom. The molecule has 0 saturated carbocycles. The average molecular weight is 417 g/mol. The van der Waals surface area contributed by atoms with Gasteiger partial charge in [-0.25, -0.2) is 5.01 Å². The van der Waals surface area contributed by atoms with Gasteiger partial charge in [0, 0.05) is 17.7 Å². The van der Waals surface area contributed by atoms with Crippen molar-refractivity contribution in [3.05, 3.63) is 83.8 Å². The Kier molecular flexibility index (Phi) is 5.84. The van der Waals surface area contributed by atoms with Gasteiger partial charge in [0.15, 0.2) is 5.78 Å². The lowest BCUT2D eigenvalue weighted by molar-refractivity contribution is -0.131. The highest BCUT2D eigenvalue weighted by molar-refractivity contribution is 6.03. The van der Waals surface area contributed by atoms with E-state index in [4.69, 9.17) is 9.15 Å². The van der Waals surface area contributed by atoms with Crippen LogP contribution in [0.3, 0.4) is 0 Å². The first kappa shape index (κ1) is 20.4. The van der Waals surface area contributed by atoms with E-state index in [-0.39, 0.29) is 24.3 Å². The maximum atomic E-state index is 13.0. The number of ether oxygens (including phenoxy) is 1. The number of methoxy groups -OCH3 is 1. The van der Waals surface area contributed by atoms with E-state index in [1.165, 1.54) is 11.9 Å². The summed E-state index contributed by atoms with van der Waals surface area (Å²) in [6, 6.07) is 18.0. The SMILES string of the molecule is COc1ccc(C2=NN(C(=O)CNc3cccc(C(C)=O)c3)C(c3ccco3)C2)cc1. The lowest BCUT2D eigenvalue weighted by Crippen LogP contribution is -2.32. The summed E-state index contributed by atoms with van der Waals surface area (Å²) < 4.78 is 10.8. The van der Waals surface area contributed by atoms with Crippen LogP contribution in [-0.4, -0.2) is 36.1 Å². The second-order valence-corrected chi connectivity index (χ2v) is 7.24. The van der Waals surface area contributed by atoms with Crippen LogP contribution < -0.4 is 10.1 Å². The number of hydrazone groups is 1. The second kappa shape index (κ2) is 8.87. The number of benzene rings is 2. The molecular weight excluding hydrogens is 394 g/mol. The molecule has 1 N–H and O–H groups in total. The Morgan fingerprint density at radius 2 is 1.97 bits per heavy atom. The highest BCUT2D eigenvalue weighted by Gasteiger charge is 2.34. The van der Waals surface area contributed by atoms with Gasteiger partial charge in [-0.05, 0) is 61.0 Å². The van der Waals surface area contributed by atoms with Crippen LogP contribution in [0, 0.1) is 0 Å². The van der Waals surface area contributed by atoms with Crippen molar-refractivity contribution in [2.45, 2.75) is 19.4 Å². The first-order chi connectivity index (χ1) is 15.0. The number of furan rings is 1. The van der Waals surface area contributed by atoms with Crippen molar-refractivity contribution >= 4 is 23.1 Å². The van der Waals surface area contributed by atoms with Gasteiger partial charge in [-0.1, -0.05) is 12.1 Å². The fourth-order valence-corrected chi connectivity index (χ4v) is 3.51. The van der Waals surface area contributed by atoms with Crippen molar-refractivity contribution < 1.29 is 18.7 Å². The topological polar surface area (TPSA) is 84.1 Å². The number of amides is 1. The molecule has 1 atom stereocenters. The monoisotopic (exact) mass is 417 g/mol. The molecule has 0 aliphatic carbocycles. The van der Waals surface area contributed by atoms with Gasteiger partial charge in [0.25, 0.3) is 5.91 Å². The van der Waals surface area contributed by atoms with E-state index in [2.05, 4.69) is 10.4 Å². The van der Waals surface area contributed by atoms with E-state index in [1.807, 2.05) is 36.4 Å². The van der Waals surface area contributed by atoms with Crippen molar-refractivity contribution in [3.8, 4) is 5.75 Å². The normalized spacial score (nSPS) is 15.5. The molecule has 1 aliphatic heterocycles. The zero-order chi connectivity index (χ0) is 21.8. The van der Waals surface area contributed by atoms with Crippen LogP contribution in [0.15, 0.2) is 76.4 Å². The Bertz CT molecular complexity index is 1100. The molecule has 158 valence electrons. The Labute approximate surface area is 180 Å². The maximum Gasteiger partial charge on any atom is 0.262 e. The molecule has 0 fully saturated rings. The summed E-state index contributed by atoms with van der Waals surface area (Å²) in [5, 5.41) is 9.18. The Morgan fingerprint density at radius 1 is 1.16 bits per heavy atom. The van der Waals surface area contributed by atoms with E-state index in [0.29, 0.717) is 23.4 Å². The predicted octanol–water partition coefficient (Wildman–Crippen LogP) is 4.28. The van der Waals surface area contributed by atoms with Gasteiger partial charge in [-0.15, -0.1) is 0 Å². The molecule has 0 bridgehead atoms. The quantitative estimate of drug-likeness (QED) is 0.580. The number of nitrogens with one attached hydrogen (secondary N) is 1. The molecule has 0 radical (unpaired) electrons. The van der Waals surface area contributed by atoms with Gasteiger partial charge >= 0.3 is 0 Å². The van der Waals surface area contributed by atoms with Crippen LogP contribution in [0.4, 0.5) is 5.69 Å². The van der Waals surface area contributed by atoms with Crippen LogP contribution in [0.2, 0.25) is 0 Å². The molecule has 1 aromatic heterocycles. The molecule has 3 aromatic rings.